The molecule has 0 aliphatic carbocycles. The van der Waals surface area contributed by atoms with E-state index >= 15 is 0 Å². The number of hydrogen-bond donors (Lipinski definition) is 3. The summed E-state index contributed by atoms with van der Waals surface area (Å²) in [6.07, 6.45) is 0. The summed E-state index contributed by atoms with van der Waals surface area (Å²) in [5.41, 5.74) is 0.375. The molecule has 172 valence electrons. The second-order valence-corrected chi connectivity index (χ2v) is 7.12. The molecule has 0 spiro atoms. The van der Waals surface area contributed by atoms with Crippen molar-refractivity contribution in [1.82, 2.24) is 15.0 Å². The lowest BCUT2D eigenvalue weighted by Crippen LogP contribution is -2.17. The van der Waals surface area contributed by atoms with Crippen molar-refractivity contribution in [2.75, 3.05) is 29.0 Å². The Labute approximate surface area is 191 Å². The Bertz CT molecular complexity index is 1180. The molecule has 2 aromatic carbocycles. The quantitative estimate of drug-likeness (QED) is 0.222. The third kappa shape index (κ3) is 6.43. The van der Waals surface area contributed by atoms with Crippen LogP contribution in [0.2, 0.25) is 5.28 Å². The predicted molar refractivity (Wildman–Crippen MR) is 120 cm³/mol. The van der Waals surface area contributed by atoms with Gasteiger partial charge in [-0.15, -0.1) is 0 Å². The van der Waals surface area contributed by atoms with Gasteiger partial charge in [0.2, 0.25) is 23.0 Å². The summed E-state index contributed by atoms with van der Waals surface area (Å²) >= 11 is 5.95. The van der Waals surface area contributed by atoms with E-state index in [4.69, 9.17) is 11.6 Å². The summed E-state index contributed by atoms with van der Waals surface area (Å²) in [6, 6.07) is 9.19. The van der Waals surface area contributed by atoms with Crippen molar-refractivity contribution in [3.05, 3.63) is 78.9 Å². The fourth-order valence-electron chi connectivity index (χ4n) is 2.75. The van der Waals surface area contributed by atoms with Crippen LogP contribution in [0.25, 0.3) is 0 Å². The van der Waals surface area contributed by atoms with Crippen LogP contribution in [-0.2, 0) is 6.54 Å². The van der Waals surface area contributed by atoms with E-state index in [-0.39, 0.29) is 36.0 Å². The maximum Gasteiger partial charge on any atom is 0.311 e. The summed E-state index contributed by atoms with van der Waals surface area (Å²) in [6.45, 7) is 2.73. The molecule has 3 aromatic rings. The molecule has 0 aliphatic rings. The van der Waals surface area contributed by atoms with Gasteiger partial charge in [0.05, 0.1) is 15.9 Å². The smallest absolute Gasteiger partial charge is 0.311 e. The van der Waals surface area contributed by atoms with Gasteiger partial charge < -0.3 is 16.0 Å². The molecule has 0 aliphatic heterocycles. The molecule has 0 fully saturated rings. The van der Waals surface area contributed by atoms with E-state index < -0.39 is 27.0 Å². The minimum atomic E-state index is -1.19. The maximum atomic E-state index is 13.9. The van der Waals surface area contributed by atoms with Crippen LogP contribution < -0.4 is 16.0 Å². The Hall–Kier alpha value is -4.13. The molecule has 0 radical (unpaired) electrons. The van der Waals surface area contributed by atoms with Crippen LogP contribution in [0.15, 0.2) is 36.4 Å². The minimum Gasteiger partial charge on any atom is -0.378 e. The molecule has 12 nitrogen and oxygen atoms in total. The number of nitrogens with one attached hydrogen (secondary N) is 3. The van der Waals surface area contributed by atoms with E-state index in [0.29, 0.717) is 18.7 Å². The van der Waals surface area contributed by atoms with Gasteiger partial charge in [-0.1, -0.05) is 29.8 Å². The van der Waals surface area contributed by atoms with Crippen molar-refractivity contribution in [2.45, 2.75) is 13.5 Å². The largest absolute Gasteiger partial charge is 0.378 e. The van der Waals surface area contributed by atoms with Crippen LogP contribution in [-0.4, -0.2) is 37.9 Å². The fourth-order valence-corrected chi connectivity index (χ4v) is 2.91. The molecule has 14 heteroatoms. The van der Waals surface area contributed by atoms with Gasteiger partial charge in [-0.3, -0.25) is 20.2 Å². The number of anilines is 3. The average molecular weight is 477 g/mol. The highest BCUT2D eigenvalue weighted by atomic mass is 35.5. The van der Waals surface area contributed by atoms with Crippen LogP contribution in [0.5, 0.6) is 0 Å². The number of rotatable bonds is 10. The molecule has 1 heterocycles. The second-order valence-electron chi connectivity index (χ2n) is 6.78. The second kappa shape index (κ2) is 10.5. The fraction of sp³-hybridized carbons (Fsp3) is 0.211. The van der Waals surface area contributed by atoms with Crippen molar-refractivity contribution in [1.29, 1.82) is 0 Å². The van der Waals surface area contributed by atoms with Gasteiger partial charge in [-0.05, 0) is 24.1 Å². The zero-order chi connectivity index (χ0) is 24.0. The SMILES string of the molecule is Cc1ccc(CNc2nc(Cl)nc(NCCNc3cc(F)c([N+](=O)[O-])cc3[N+](=O)[O-])n2)cc1. The van der Waals surface area contributed by atoms with Gasteiger partial charge in [-0.25, -0.2) is 0 Å². The van der Waals surface area contributed by atoms with E-state index in [1.165, 1.54) is 0 Å². The third-order valence-electron chi connectivity index (χ3n) is 4.36. The number of hydrogen-bond acceptors (Lipinski definition) is 10. The lowest BCUT2D eigenvalue weighted by Gasteiger charge is -2.10. The number of aryl methyl sites for hydroxylation is 1. The first-order valence-electron chi connectivity index (χ1n) is 9.54. The Morgan fingerprint density at radius 3 is 2.15 bits per heavy atom. The number of aromatic nitrogens is 3. The lowest BCUT2D eigenvalue weighted by molar-refractivity contribution is -0.395. The zero-order valence-electron chi connectivity index (χ0n) is 17.2. The molecule has 0 saturated heterocycles. The van der Waals surface area contributed by atoms with Crippen LogP contribution >= 0.6 is 11.6 Å². The van der Waals surface area contributed by atoms with Crippen molar-refractivity contribution >= 4 is 40.6 Å². The highest BCUT2D eigenvalue weighted by molar-refractivity contribution is 6.28. The Kier molecular flexibility index (Phi) is 7.46. The highest BCUT2D eigenvalue weighted by Crippen LogP contribution is 2.31. The predicted octanol–water partition coefficient (Wildman–Crippen LogP) is 3.93. The first kappa shape index (κ1) is 23.5. The number of nitrogens with zero attached hydrogens (tertiary/aromatic N) is 5. The lowest BCUT2D eigenvalue weighted by atomic mass is 10.1. The van der Waals surface area contributed by atoms with Crippen LogP contribution in [0.4, 0.5) is 33.3 Å². The van der Waals surface area contributed by atoms with E-state index in [9.17, 15) is 24.6 Å². The minimum absolute atomic E-state index is 0.0417. The summed E-state index contributed by atoms with van der Waals surface area (Å²) < 4.78 is 13.9. The van der Waals surface area contributed by atoms with Gasteiger partial charge in [0.25, 0.3) is 5.69 Å². The normalized spacial score (nSPS) is 10.5. The maximum absolute atomic E-state index is 13.9. The van der Waals surface area contributed by atoms with Crippen molar-refractivity contribution in [3.8, 4) is 0 Å². The standard InChI is InChI=1S/C19H18ClFN8O4/c1-11-2-4-12(5-3-11)10-24-19-26-17(20)25-18(27-19)23-7-6-22-14-8-13(21)15(28(30)31)9-16(14)29(32)33/h2-5,8-9,22H,6-7,10H2,1H3,(H2,23,24,25,26,27). The Balaban J connectivity index is 1.59. The third-order valence-corrected chi connectivity index (χ3v) is 4.53. The van der Waals surface area contributed by atoms with Crippen molar-refractivity contribution in [2.24, 2.45) is 0 Å². The summed E-state index contributed by atoms with van der Waals surface area (Å²) in [7, 11) is 0. The topological polar surface area (TPSA) is 161 Å². The number of nitro benzene ring substituents is 2. The van der Waals surface area contributed by atoms with Gasteiger partial charge in [0.15, 0.2) is 0 Å². The van der Waals surface area contributed by atoms with Crippen molar-refractivity contribution in [3.63, 3.8) is 0 Å². The first-order valence-corrected chi connectivity index (χ1v) is 9.92. The van der Waals surface area contributed by atoms with Gasteiger partial charge in [0, 0.05) is 25.7 Å². The Morgan fingerprint density at radius 2 is 1.52 bits per heavy atom. The van der Waals surface area contributed by atoms with Gasteiger partial charge in [0.1, 0.15) is 5.69 Å². The van der Waals surface area contributed by atoms with E-state index in [0.717, 1.165) is 11.1 Å². The van der Waals surface area contributed by atoms with Crippen molar-refractivity contribution < 1.29 is 14.2 Å². The van der Waals surface area contributed by atoms with Crippen LogP contribution in [0, 0.1) is 33.0 Å². The summed E-state index contributed by atoms with van der Waals surface area (Å²) in [5.74, 6) is -0.777. The molecule has 0 atom stereocenters. The average Bonchev–Trinajstić information content (AvgIpc) is 2.75. The monoisotopic (exact) mass is 476 g/mol. The van der Waals surface area contributed by atoms with Crippen LogP contribution in [0.3, 0.4) is 0 Å². The first-order chi connectivity index (χ1) is 15.7. The van der Waals surface area contributed by atoms with Crippen LogP contribution in [0.1, 0.15) is 11.1 Å². The molecule has 0 unspecified atom stereocenters. The molecular formula is C19H18ClFN8O4. The zero-order valence-corrected chi connectivity index (χ0v) is 18.0. The molecular weight excluding hydrogens is 459 g/mol. The van der Waals surface area contributed by atoms with Gasteiger partial charge >= 0.3 is 5.69 Å². The number of nitro groups is 2. The summed E-state index contributed by atoms with van der Waals surface area (Å²) in [4.78, 5) is 32.3. The molecule has 3 rings (SSSR count). The molecule has 0 amide bonds. The summed E-state index contributed by atoms with van der Waals surface area (Å²) in [5, 5.41) is 30.5. The van der Waals surface area contributed by atoms with E-state index in [1.54, 1.807) is 0 Å². The van der Waals surface area contributed by atoms with E-state index in [1.807, 2.05) is 31.2 Å². The molecule has 3 N–H and O–H groups in total. The molecule has 33 heavy (non-hydrogen) atoms. The molecule has 1 aromatic heterocycles. The molecule has 0 saturated carbocycles. The number of halogens is 2. The molecule has 0 bridgehead atoms. The van der Waals surface area contributed by atoms with Gasteiger partial charge in [-0.2, -0.15) is 19.3 Å². The highest BCUT2D eigenvalue weighted by Gasteiger charge is 2.24. The number of benzene rings is 2. The van der Waals surface area contributed by atoms with E-state index in [2.05, 4.69) is 30.9 Å². The Morgan fingerprint density at radius 1 is 0.909 bits per heavy atom.